The molecule has 0 aliphatic carbocycles. The molecular formula is C16H20N4O. The first-order valence-electron chi connectivity index (χ1n) is 6.77. The Kier molecular flexibility index (Phi) is 4.42. The lowest BCUT2D eigenvalue weighted by Gasteiger charge is -2.16. The van der Waals surface area contributed by atoms with E-state index in [1.165, 1.54) is 4.90 Å². The molecule has 1 aromatic heterocycles. The summed E-state index contributed by atoms with van der Waals surface area (Å²) in [6.45, 7) is 2.04. The number of nitrogens with zero attached hydrogens (tertiary/aromatic N) is 2. The normalized spacial score (nSPS) is 11.8. The molecule has 0 bridgehead atoms. The Hall–Kier alpha value is -2.56. The monoisotopic (exact) mass is 284 g/mol. The van der Waals surface area contributed by atoms with Gasteiger partial charge in [-0.05, 0) is 36.8 Å². The molecule has 0 fully saturated rings. The average molecular weight is 284 g/mol. The van der Waals surface area contributed by atoms with Crippen LogP contribution in [0.15, 0.2) is 42.6 Å². The predicted octanol–water partition coefficient (Wildman–Crippen LogP) is 2.54. The molecule has 1 atom stereocenters. The molecule has 0 aliphatic rings. The lowest BCUT2D eigenvalue weighted by Crippen LogP contribution is -2.21. The molecule has 0 aliphatic heterocycles. The van der Waals surface area contributed by atoms with Crippen molar-refractivity contribution >= 4 is 17.4 Å². The van der Waals surface area contributed by atoms with Crippen molar-refractivity contribution in [1.82, 2.24) is 9.88 Å². The van der Waals surface area contributed by atoms with Gasteiger partial charge in [0.2, 0.25) is 0 Å². The first-order valence-corrected chi connectivity index (χ1v) is 6.77. The van der Waals surface area contributed by atoms with Gasteiger partial charge in [0.25, 0.3) is 5.91 Å². The minimum absolute atomic E-state index is 0.0575. The second-order valence-electron chi connectivity index (χ2n) is 5.17. The van der Waals surface area contributed by atoms with E-state index in [0.29, 0.717) is 5.56 Å². The van der Waals surface area contributed by atoms with Crippen molar-refractivity contribution in [3.63, 3.8) is 0 Å². The van der Waals surface area contributed by atoms with Gasteiger partial charge in [-0.25, -0.2) is 4.98 Å². The number of nitrogens with one attached hydrogen (secondary N) is 1. The third-order valence-electron chi connectivity index (χ3n) is 3.19. The lowest BCUT2D eigenvalue weighted by molar-refractivity contribution is 0.0827. The standard InChI is InChI=1S/C16H20N4O/c1-11(12-5-4-6-14(17)9-12)19-15-8-7-13(10-18-15)16(21)20(2)3/h4-11H,17H2,1-3H3,(H,18,19). The number of hydrogen-bond acceptors (Lipinski definition) is 4. The van der Waals surface area contributed by atoms with Crippen LogP contribution in [-0.2, 0) is 0 Å². The summed E-state index contributed by atoms with van der Waals surface area (Å²) >= 11 is 0. The van der Waals surface area contributed by atoms with Crippen molar-refractivity contribution < 1.29 is 4.79 Å². The molecule has 5 heteroatoms. The Bertz CT molecular complexity index is 622. The first kappa shape index (κ1) is 14.8. The fourth-order valence-corrected chi connectivity index (χ4v) is 2.00. The lowest BCUT2D eigenvalue weighted by atomic mass is 10.1. The maximum atomic E-state index is 11.8. The van der Waals surface area contributed by atoms with Crippen LogP contribution in [0.4, 0.5) is 11.5 Å². The number of carbonyl (C=O) groups excluding carboxylic acids is 1. The van der Waals surface area contributed by atoms with Gasteiger partial charge in [0, 0.05) is 26.0 Å². The van der Waals surface area contributed by atoms with Crippen molar-refractivity contribution in [2.75, 3.05) is 25.1 Å². The quantitative estimate of drug-likeness (QED) is 0.846. The molecule has 1 aromatic carbocycles. The number of pyridine rings is 1. The average Bonchev–Trinajstić information content (AvgIpc) is 2.47. The highest BCUT2D eigenvalue weighted by atomic mass is 16.2. The van der Waals surface area contributed by atoms with E-state index in [1.54, 1.807) is 32.4 Å². The molecule has 1 heterocycles. The van der Waals surface area contributed by atoms with E-state index < -0.39 is 0 Å². The summed E-state index contributed by atoms with van der Waals surface area (Å²) in [6.07, 6.45) is 1.58. The molecule has 0 spiro atoms. The number of nitrogen functional groups attached to an aromatic ring is 1. The fraction of sp³-hybridized carbons (Fsp3) is 0.250. The van der Waals surface area contributed by atoms with Crippen LogP contribution in [0.2, 0.25) is 0 Å². The van der Waals surface area contributed by atoms with Crippen LogP contribution < -0.4 is 11.1 Å². The third kappa shape index (κ3) is 3.72. The van der Waals surface area contributed by atoms with Crippen LogP contribution in [-0.4, -0.2) is 29.9 Å². The molecule has 1 unspecified atom stereocenters. The molecule has 1 amide bonds. The Morgan fingerprint density at radius 2 is 2.05 bits per heavy atom. The topological polar surface area (TPSA) is 71.2 Å². The smallest absolute Gasteiger partial charge is 0.254 e. The van der Waals surface area contributed by atoms with Gasteiger partial charge in [0.1, 0.15) is 5.82 Å². The minimum atomic E-state index is -0.0575. The van der Waals surface area contributed by atoms with Gasteiger partial charge in [-0.15, -0.1) is 0 Å². The zero-order chi connectivity index (χ0) is 15.4. The number of nitrogens with two attached hydrogens (primary N) is 1. The van der Waals surface area contributed by atoms with Gasteiger partial charge in [0.05, 0.1) is 11.6 Å². The van der Waals surface area contributed by atoms with Crippen LogP contribution in [0.25, 0.3) is 0 Å². The van der Waals surface area contributed by atoms with Crippen molar-refractivity contribution in [2.45, 2.75) is 13.0 Å². The predicted molar refractivity (Wildman–Crippen MR) is 85.1 cm³/mol. The van der Waals surface area contributed by atoms with E-state index in [2.05, 4.69) is 10.3 Å². The second kappa shape index (κ2) is 6.26. The maximum Gasteiger partial charge on any atom is 0.254 e. The zero-order valence-corrected chi connectivity index (χ0v) is 12.5. The van der Waals surface area contributed by atoms with Crippen molar-refractivity contribution in [3.8, 4) is 0 Å². The third-order valence-corrected chi connectivity index (χ3v) is 3.19. The van der Waals surface area contributed by atoms with E-state index in [-0.39, 0.29) is 11.9 Å². The minimum Gasteiger partial charge on any atom is -0.399 e. The van der Waals surface area contributed by atoms with Crippen molar-refractivity contribution in [3.05, 3.63) is 53.7 Å². The first-order chi connectivity index (χ1) is 9.97. The number of hydrogen-bond donors (Lipinski definition) is 2. The van der Waals surface area contributed by atoms with E-state index in [1.807, 2.05) is 31.2 Å². The highest BCUT2D eigenvalue weighted by molar-refractivity contribution is 5.93. The molecule has 0 radical (unpaired) electrons. The molecule has 0 saturated carbocycles. The van der Waals surface area contributed by atoms with Gasteiger partial charge in [-0.1, -0.05) is 12.1 Å². The van der Waals surface area contributed by atoms with E-state index >= 15 is 0 Å². The Morgan fingerprint density at radius 3 is 2.62 bits per heavy atom. The molecule has 0 saturated heterocycles. The Balaban J connectivity index is 2.08. The summed E-state index contributed by atoms with van der Waals surface area (Å²) in [6, 6.07) is 11.4. The number of benzene rings is 1. The van der Waals surface area contributed by atoms with Crippen LogP contribution in [0.1, 0.15) is 28.9 Å². The largest absolute Gasteiger partial charge is 0.399 e. The van der Waals surface area contributed by atoms with Gasteiger partial charge in [0.15, 0.2) is 0 Å². The van der Waals surface area contributed by atoms with Crippen LogP contribution >= 0.6 is 0 Å². The fourth-order valence-electron chi connectivity index (χ4n) is 2.00. The SMILES string of the molecule is CC(Nc1ccc(C(=O)N(C)C)cn1)c1cccc(N)c1. The molecule has 3 N–H and O–H groups in total. The molecule has 2 aromatic rings. The van der Waals surface area contributed by atoms with E-state index in [0.717, 1.165) is 17.1 Å². The number of aromatic nitrogens is 1. The Labute approximate surface area is 124 Å². The maximum absolute atomic E-state index is 11.8. The van der Waals surface area contributed by atoms with E-state index in [4.69, 9.17) is 5.73 Å². The zero-order valence-electron chi connectivity index (χ0n) is 12.5. The number of rotatable bonds is 4. The number of carbonyl (C=O) groups is 1. The van der Waals surface area contributed by atoms with Crippen LogP contribution in [0.5, 0.6) is 0 Å². The van der Waals surface area contributed by atoms with Gasteiger partial charge >= 0.3 is 0 Å². The number of amides is 1. The van der Waals surface area contributed by atoms with Crippen LogP contribution in [0, 0.1) is 0 Å². The number of anilines is 2. The van der Waals surface area contributed by atoms with Crippen molar-refractivity contribution in [2.24, 2.45) is 0 Å². The van der Waals surface area contributed by atoms with Crippen molar-refractivity contribution in [1.29, 1.82) is 0 Å². The summed E-state index contributed by atoms with van der Waals surface area (Å²) in [5.41, 5.74) is 8.18. The molecule has 2 rings (SSSR count). The van der Waals surface area contributed by atoms with Gasteiger partial charge in [-0.2, -0.15) is 0 Å². The summed E-state index contributed by atoms with van der Waals surface area (Å²) < 4.78 is 0. The Morgan fingerprint density at radius 1 is 1.29 bits per heavy atom. The highest BCUT2D eigenvalue weighted by Gasteiger charge is 2.10. The summed E-state index contributed by atoms with van der Waals surface area (Å²) in [5.74, 6) is 0.665. The molecule has 5 nitrogen and oxygen atoms in total. The summed E-state index contributed by atoms with van der Waals surface area (Å²) in [7, 11) is 3.44. The van der Waals surface area contributed by atoms with Gasteiger partial charge in [-0.3, -0.25) is 4.79 Å². The molecular weight excluding hydrogens is 264 g/mol. The molecule has 21 heavy (non-hydrogen) atoms. The van der Waals surface area contributed by atoms with Crippen LogP contribution in [0.3, 0.4) is 0 Å². The van der Waals surface area contributed by atoms with E-state index in [9.17, 15) is 4.79 Å². The molecule has 110 valence electrons. The summed E-state index contributed by atoms with van der Waals surface area (Å²) in [5, 5.41) is 3.29. The second-order valence-corrected chi connectivity index (χ2v) is 5.17. The van der Waals surface area contributed by atoms with Gasteiger partial charge < -0.3 is 16.0 Å². The summed E-state index contributed by atoms with van der Waals surface area (Å²) in [4.78, 5) is 17.6. The highest BCUT2D eigenvalue weighted by Crippen LogP contribution is 2.19.